The first-order chi connectivity index (χ1) is 20.6. The Balaban J connectivity index is 3.69. The van der Waals surface area contributed by atoms with E-state index in [-0.39, 0.29) is 12.5 Å². The molecule has 0 saturated heterocycles. The topological polar surface area (TPSA) is 84.9 Å². The summed E-state index contributed by atoms with van der Waals surface area (Å²) in [5.41, 5.74) is 0. The molecule has 0 aromatic rings. The lowest BCUT2D eigenvalue weighted by Crippen LogP contribution is -2.41. The zero-order valence-electron chi connectivity index (χ0n) is 28.0. The van der Waals surface area contributed by atoms with Crippen LogP contribution in [0.25, 0.3) is 0 Å². The number of nitrogens with one attached hydrogen (secondary N) is 1. The molecule has 0 aromatic heterocycles. The third-order valence-electron chi connectivity index (χ3n) is 8.22. The Kier molecular flexibility index (Phi) is 34.5. The van der Waals surface area contributed by atoms with Crippen molar-refractivity contribution >= 4 is 14.2 Å². The molecule has 7 heteroatoms. The summed E-state index contributed by atoms with van der Waals surface area (Å²) < 4.78 is 21.7. The monoisotopic (exact) mass is 617 g/mol. The third-order valence-corrected chi connectivity index (χ3v) is 8.59. The first-order valence-corrected chi connectivity index (χ1v) is 19.4. The van der Waals surface area contributed by atoms with Crippen molar-refractivity contribution < 1.29 is 23.5 Å². The van der Waals surface area contributed by atoms with Gasteiger partial charge >= 0.3 is 8.25 Å². The van der Waals surface area contributed by atoms with Gasteiger partial charge in [0.15, 0.2) is 0 Å². The summed E-state index contributed by atoms with van der Waals surface area (Å²) >= 11 is 0. The van der Waals surface area contributed by atoms with Crippen molar-refractivity contribution in [3.63, 3.8) is 0 Å². The molecule has 42 heavy (non-hydrogen) atoms. The zero-order chi connectivity index (χ0) is 30.8. The molecule has 2 N–H and O–H groups in total. The SMILES string of the molecule is CCCCCCCCCCCCCCCCOC[C@H](CO[P+](=O)O)NC(=O)CCCCCCCCCCCCCCC. The van der Waals surface area contributed by atoms with Crippen LogP contribution in [0.4, 0.5) is 0 Å². The number of hydrogen-bond donors (Lipinski definition) is 2. The van der Waals surface area contributed by atoms with E-state index in [4.69, 9.17) is 14.2 Å². The Morgan fingerprint density at radius 2 is 0.929 bits per heavy atom. The molecule has 0 radical (unpaired) electrons. The van der Waals surface area contributed by atoms with Crippen molar-refractivity contribution in [2.45, 2.75) is 200 Å². The number of ether oxygens (including phenoxy) is 1. The molecule has 0 aliphatic heterocycles. The van der Waals surface area contributed by atoms with Crippen molar-refractivity contribution in [2.24, 2.45) is 0 Å². The molecule has 0 aliphatic carbocycles. The molecular formula is C35H71NO5P+. The van der Waals surface area contributed by atoms with Gasteiger partial charge in [-0.15, -0.1) is 9.42 Å². The number of carbonyl (C=O) groups excluding carboxylic acids is 1. The predicted molar refractivity (Wildman–Crippen MR) is 179 cm³/mol. The Bertz CT molecular complexity index is 578. The van der Waals surface area contributed by atoms with Gasteiger partial charge < -0.3 is 10.1 Å². The van der Waals surface area contributed by atoms with Gasteiger partial charge in [0.2, 0.25) is 5.91 Å². The fourth-order valence-electron chi connectivity index (χ4n) is 5.51. The maximum atomic E-state index is 12.4. The van der Waals surface area contributed by atoms with E-state index in [1.807, 2.05) is 0 Å². The minimum atomic E-state index is -2.68. The van der Waals surface area contributed by atoms with Crippen molar-refractivity contribution in [1.82, 2.24) is 5.32 Å². The lowest BCUT2D eigenvalue weighted by molar-refractivity contribution is -0.122. The van der Waals surface area contributed by atoms with Crippen LogP contribution in [0.2, 0.25) is 0 Å². The highest BCUT2D eigenvalue weighted by Crippen LogP contribution is 2.16. The van der Waals surface area contributed by atoms with Gasteiger partial charge in [-0.25, -0.2) is 0 Å². The van der Waals surface area contributed by atoms with Crippen LogP contribution < -0.4 is 5.32 Å². The second kappa shape index (κ2) is 34.9. The molecule has 1 amide bonds. The average Bonchev–Trinajstić information content (AvgIpc) is 2.97. The Morgan fingerprint density at radius 1 is 0.571 bits per heavy atom. The smallest absolute Gasteiger partial charge is 0.379 e. The normalized spacial score (nSPS) is 12.5. The van der Waals surface area contributed by atoms with Gasteiger partial charge in [0, 0.05) is 17.6 Å². The highest BCUT2D eigenvalue weighted by atomic mass is 31.1. The van der Waals surface area contributed by atoms with E-state index >= 15 is 0 Å². The summed E-state index contributed by atoms with van der Waals surface area (Å²) in [7, 11) is -2.68. The van der Waals surface area contributed by atoms with Crippen LogP contribution in [-0.2, 0) is 18.6 Å². The maximum Gasteiger partial charge on any atom is 0.694 e. The van der Waals surface area contributed by atoms with Crippen LogP contribution in [0.15, 0.2) is 0 Å². The molecule has 0 rings (SSSR count). The minimum absolute atomic E-state index is 0.00517. The van der Waals surface area contributed by atoms with Gasteiger partial charge in [-0.3, -0.25) is 4.79 Å². The number of rotatable bonds is 35. The fraction of sp³-hybridized carbons (Fsp3) is 0.971. The van der Waals surface area contributed by atoms with Gasteiger partial charge in [0.1, 0.15) is 6.61 Å². The van der Waals surface area contributed by atoms with Crippen molar-refractivity contribution in [1.29, 1.82) is 0 Å². The predicted octanol–water partition coefficient (Wildman–Crippen LogP) is 11.1. The summed E-state index contributed by atoms with van der Waals surface area (Å²) in [4.78, 5) is 21.4. The molecule has 0 bridgehead atoms. The fourth-order valence-corrected chi connectivity index (χ4v) is 5.82. The molecule has 0 spiro atoms. The van der Waals surface area contributed by atoms with Crippen molar-refractivity contribution in [3.8, 4) is 0 Å². The van der Waals surface area contributed by atoms with Crippen LogP contribution in [0.3, 0.4) is 0 Å². The van der Waals surface area contributed by atoms with E-state index in [2.05, 4.69) is 19.2 Å². The third kappa shape index (κ3) is 33.9. The van der Waals surface area contributed by atoms with Gasteiger partial charge in [-0.05, 0) is 12.8 Å². The molecule has 0 fully saturated rings. The van der Waals surface area contributed by atoms with Crippen molar-refractivity contribution in [3.05, 3.63) is 0 Å². The number of amides is 1. The molecule has 2 atom stereocenters. The van der Waals surface area contributed by atoms with E-state index in [1.165, 1.54) is 148 Å². The minimum Gasteiger partial charge on any atom is -0.379 e. The van der Waals surface area contributed by atoms with Crippen LogP contribution >= 0.6 is 8.25 Å². The van der Waals surface area contributed by atoms with E-state index in [1.54, 1.807) is 0 Å². The second-order valence-electron chi connectivity index (χ2n) is 12.5. The van der Waals surface area contributed by atoms with Gasteiger partial charge in [0.05, 0.1) is 12.6 Å². The average molecular weight is 617 g/mol. The van der Waals surface area contributed by atoms with E-state index in [9.17, 15) is 9.36 Å². The molecule has 0 heterocycles. The number of carbonyl (C=O) groups is 1. The molecule has 6 nitrogen and oxygen atoms in total. The molecule has 0 aliphatic rings. The van der Waals surface area contributed by atoms with Crippen molar-refractivity contribution in [2.75, 3.05) is 19.8 Å². The standard InChI is InChI=1S/C35H70NO5P/c1-3-5-7-9-11-13-15-17-19-21-23-25-27-29-31-40-32-34(33-41-42(38)39)36-35(37)30-28-26-24-22-20-18-16-14-12-10-8-6-4-2/h34H,3-33H2,1-2H3,(H-,36,37,38,39)/p+1/t34-/m1/s1. The Labute approximate surface area is 262 Å². The first kappa shape index (κ1) is 41.4. The molecule has 1 unspecified atom stereocenters. The summed E-state index contributed by atoms with van der Waals surface area (Å²) in [5.74, 6) is -0.0278. The summed E-state index contributed by atoms with van der Waals surface area (Å²) in [6.07, 6.45) is 35.7. The van der Waals surface area contributed by atoms with Crippen LogP contribution in [-0.4, -0.2) is 36.7 Å². The first-order valence-electron chi connectivity index (χ1n) is 18.3. The number of unbranched alkanes of at least 4 members (excludes halogenated alkanes) is 25. The van der Waals surface area contributed by atoms with Crippen LogP contribution in [0, 0.1) is 0 Å². The summed E-state index contributed by atoms with van der Waals surface area (Å²) in [6, 6.07) is -0.391. The van der Waals surface area contributed by atoms with E-state index in [0.29, 0.717) is 19.6 Å². The van der Waals surface area contributed by atoms with Gasteiger partial charge in [0.25, 0.3) is 0 Å². The Morgan fingerprint density at radius 3 is 1.31 bits per heavy atom. The largest absolute Gasteiger partial charge is 0.694 e. The van der Waals surface area contributed by atoms with Crippen LogP contribution in [0.5, 0.6) is 0 Å². The van der Waals surface area contributed by atoms with Gasteiger partial charge in [-0.2, -0.15) is 0 Å². The number of hydrogen-bond acceptors (Lipinski definition) is 4. The van der Waals surface area contributed by atoms with Gasteiger partial charge in [-0.1, -0.05) is 174 Å². The molecule has 0 aromatic carbocycles. The Hall–Kier alpha value is -0.550. The zero-order valence-corrected chi connectivity index (χ0v) is 28.9. The second-order valence-corrected chi connectivity index (χ2v) is 13.2. The van der Waals surface area contributed by atoms with Crippen LogP contribution in [0.1, 0.15) is 194 Å². The van der Waals surface area contributed by atoms with E-state index in [0.717, 1.165) is 25.7 Å². The quantitative estimate of drug-likeness (QED) is 0.0546. The molecular weight excluding hydrogens is 545 g/mol. The summed E-state index contributed by atoms with van der Waals surface area (Å²) in [5, 5.41) is 2.94. The molecule has 250 valence electrons. The highest BCUT2D eigenvalue weighted by Gasteiger charge is 2.20. The highest BCUT2D eigenvalue weighted by molar-refractivity contribution is 7.32. The lowest BCUT2D eigenvalue weighted by atomic mass is 10.0. The summed E-state index contributed by atoms with van der Waals surface area (Å²) in [6.45, 7) is 5.49. The lowest BCUT2D eigenvalue weighted by Gasteiger charge is -2.16. The molecule has 0 saturated carbocycles. The van der Waals surface area contributed by atoms with E-state index < -0.39 is 14.3 Å². The maximum absolute atomic E-state index is 12.4.